The first kappa shape index (κ1) is 24.7. The van der Waals surface area contributed by atoms with E-state index in [4.69, 9.17) is 4.74 Å². The van der Waals surface area contributed by atoms with Crippen molar-refractivity contribution >= 4 is 40.4 Å². The molecule has 0 aliphatic carbocycles. The molecule has 0 radical (unpaired) electrons. The van der Waals surface area contributed by atoms with Gasteiger partial charge in [-0.25, -0.2) is 19.0 Å². The Kier molecular flexibility index (Phi) is 6.12. The molecule has 1 fully saturated rings. The van der Waals surface area contributed by atoms with Crippen molar-refractivity contribution in [1.29, 1.82) is 0 Å². The quantitative estimate of drug-likeness (QED) is 0.562. The number of aryl methyl sites for hydroxylation is 1. The molecule has 0 unspecified atom stereocenters. The smallest absolute Gasteiger partial charge is 0.410 e. The van der Waals surface area contributed by atoms with E-state index in [9.17, 15) is 14.0 Å². The summed E-state index contributed by atoms with van der Waals surface area (Å²) in [5.74, 6) is -0.0301. The summed E-state index contributed by atoms with van der Waals surface area (Å²) >= 11 is 0. The predicted molar refractivity (Wildman–Crippen MR) is 137 cm³/mol. The number of carbonyl (C=O) groups excluding carboxylic acids is 2. The molecule has 3 amide bonds. The molecule has 4 heterocycles. The summed E-state index contributed by atoms with van der Waals surface area (Å²) in [7, 11) is 1.65. The zero-order chi connectivity index (χ0) is 26.5. The molecule has 196 valence electrons. The van der Waals surface area contributed by atoms with Crippen LogP contribution in [0.15, 0.2) is 24.4 Å². The number of nitrogens with zero attached hydrogens (tertiary/aromatic N) is 7. The fraction of sp³-hybridized carbons (Fsp3) is 0.480. The third kappa shape index (κ3) is 4.87. The third-order valence-electron chi connectivity index (χ3n) is 6.50. The summed E-state index contributed by atoms with van der Waals surface area (Å²) in [6, 6.07) is 4.16. The highest BCUT2D eigenvalue weighted by Crippen LogP contribution is 2.35. The van der Waals surface area contributed by atoms with E-state index >= 15 is 0 Å². The van der Waals surface area contributed by atoms with E-state index < -0.39 is 17.4 Å². The van der Waals surface area contributed by atoms with Crippen LogP contribution in [0.4, 0.5) is 31.2 Å². The van der Waals surface area contributed by atoms with Crippen LogP contribution in [0.25, 0.3) is 11.0 Å². The van der Waals surface area contributed by atoms with Crippen molar-refractivity contribution in [3.63, 3.8) is 0 Å². The summed E-state index contributed by atoms with van der Waals surface area (Å²) in [6.07, 6.45) is 1.99. The van der Waals surface area contributed by atoms with E-state index in [2.05, 4.69) is 25.4 Å². The standard InChI is InChI=1S/C25H31FN8O3/c1-15-14-32(10-11-33(15)24(36)37-25(2,3)4)21-6-8-27-22-16(21)7-9-34(22)23(35)28-18-13-20-19(12-17(18)26)29-31(5)30-20/h6,8,12-13,15H,7,9-11,14H2,1-5H3,(H,28,35)/t15-/m0/s1. The minimum atomic E-state index is -0.584. The predicted octanol–water partition coefficient (Wildman–Crippen LogP) is 3.54. The molecule has 2 aliphatic heterocycles. The van der Waals surface area contributed by atoms with Gasteiger partial charge in [-0.3, -0.25) is 4.90 Å². The van der Waals surface area contributed by atoms with Gasteiger partial charge in [-0.05, 0) is 46.2 Å². The maximum atomic E-state index is 14.6. The summed E-state index contributed by atoms with van der Waals surface area (Å²) in [5.41, 5.74) is 2.34. The fourth-order valence-electron chi connectivity index (χ4n) is 4.86. The van der Waals surface area contributed by atoms with E-state index in [1.807, 2.05) is 33.8 Å². The average Bonchev–Trinajstić information content (AvgIpc) is 3.40. The number of hydrogen-bond acceptors (Lipinski definition) is 7. The molecule has 12 heteroatoms. The number of halogens is 1. The summed E-state index contributed by atoms with van der Waals surface area (Å²) < 4.78 is 20.2. The fourth-order valence-corrected chi connectivity index (χ4v) is 4.86. The van der Waals surface area contributed by atoms with Crippen molar-refractivity contribution in [3.05, 3.63) is 35.8 Å². The zero-order valence-corrected chi connectivity index (χ0v) is 21.7. The molecule has 0 spiro atoms. The lowest BCUT2D eigenvalue weighted by molar-refractivity contribution is 0.0159. The maximum Gasteiger partial charge on any atom is 0.410 e. The maximum absolute atomic E-state index is 14.6. The number of carbonyl (C=O) groups is 2. The van der Waals surface area contributed by atoms with Crippen molar-refractivity contribution in [3.8, 4) is 0 Å². The van der Waals surface area contributed by atoms with Crippen molar-refractivity contribution in [1.82, 2.24) is 24.9 Å². The number of urea groups is 1. The first-order valence-electron chi connectivity index (χ1n) is 12.3. The minimum Gasteiger partial charge on any atom is -0.444 e. The van der Waals surface area contributed by atoms with Gasteiger partial charge in [-0.1, -0.05) is 0 Å². The number of anilines is 3. The number of aromatic nitrogens is 4. The number of piperazine rings is 1. The lowest BCUT2D eigenvalue weighted by Crippen LogP contribution is -2.55. The number of fused-ring (bicyclic) bond motifs is 2. The topological polar surface area (TPSA) is 109 Å². The highest BCUT2D eigenvalue weighted by Gasteiger charge is 2.34. The Morgan fingerprint density at radius 2 is 1.86 bits per heavy atom. The third-order valence-corrected chi connectivity index (χ3v) is 6.50. The molecular weight excluding hydrogens is 479 g/mol. The Hall–Kier alpha value is -3.96. The molecule has 0 saturated carbocycles. The van der Waals surface area contributed by atoms with Crippen LogP contribution < -0.4 is 15.1 Å². The number of pyridine rings is 1. The Balaban J connectivity index is 1.31. The number of benzene rings is 1. The lowest BCUT2D eigenvalue weighted by Gasteiger charge is -2.41. The van der Waals surface area contributed by atoms with Gasteiger partial charge in [0.2, 0.25) is 0 Å². The molecule has 37 heavy (non-hydrogen) atoms. The van der Waals surface area contributed by atoms with Crippen LogP contribution in [0.5, 0.6) is 0 Å². The number of amides is 3. The van der Waals surface area contributed by atoms with Crippen LogP contribution in [0.2, 0.25) is 0 Å². The van der Waals surface area contributed by atoms with Crippen molar-refractivity contribution in [2.75, 3.05) is 41.3 Å². The second-order valence-corrected chi connectivity index (χ2v) is 10.4. The van der Waals surface area contributed by atoms with Crippen LogP contribution >= 0.6 is 0 Å². The number of nitrogens with one attached hydrogen (secondary N) is 1. The monoisotopic (exact) mass is 510 g/mol. The van der Waals surface area contributed by atoms with Crippen LogP contribution in [0.3, 0.4) is 0 Å². The largest absolute Gasteiger partial charge is 0.444 e. The van der Waals surface area contributed by atoms with E-state index in [0.29, 0.717) is 49.5 Å². The molecule has 2 aliphatic rings. The van der Waals surface area contributed by atoms with Crippen LogP contribution in [-0.2, 0) is 18.2 Å². The molecule has 1 N–H and O–H groups in total. The molecule has 3 aromatic rings. The number of ether oxygens (including phenoxy) is 1. The molecule has 5 rings (SSSR count). The van der Waals surface area contributed by atoms with Gasteiger partial charge in [0, 0.05) is 62.8 Å². The van der Waals surface area contributed by atoms with Crippen molar-refractivity contribution in [2.45, 2.75) is 45.8 Å². The Labute approximate surface area is 214 Å². The van der Waals surface area contributed by atoms with Gasteiger partial charge in [-0.2, -0.15) is 15.0 Å². The minimum absolute atomic E-state index is 0.0368. The zero-order valence-electron chi connectivity index (χ0n) is 21.7. The van der Waals surface area contributed by atoms with Gasteiger partial charge < -0.3 is 19.9 Å². The highest BCUT2D eigenvalue weighted by molar-refractivity contribution is 6.03. The van der Waals surface area contributed by atoms with Gasteiger partial charge in [-0.15, -0.1) is 0 Å². The van der Waals surface area contributed by atoms with E-state index in [0.717, 1.165) is 11.3 Å². The summed E-state index contributed by atoms with van der Waals surface area (Å²) in [6.45, 7) is 9.79. The van der Waals surface area contributed by atoms with Gasteiger partial charge in [0.25, 0.3) is 0 Å². The molecular formula is C25H31FN8O3. The Bertz CT molecular complexity index is 1370. The average molecular weight is 511 g/mol. The van der Waals surface area contributed by atoms with E-state index in [-0.39, 0.29) is 17.8 Å². The number of rotatable bonds is 2. The van der Waals surface area contributed by atoms with Gasteiger partial charge in [0.15, 0.2) is 0 Å². The van der Waals surface area contributed by atoms with Crippen LogP contribution in [0, 0.1) is 5.82 Å². The van der Waals surface area contributed by atoms with Gasteiger partial charge in [0.1, 0.15) is 28.3 Å². The van der Waals surface area contributed by atoms with Gasteiger partial charge >= 0.3 is 12.1 Å². The summed E-state index contributed by atoms with van der Waals surface area (Å²) in [4.78, 5) is 37.1. The second-order valence-electron chi connectivity index (χ2n) is 10.4. The molecule has 11 nitrogen and oxygen atoms in total. The first-order valence-corrected chi connectivity index (χ1v) is 12.3. The van der Waals surface area contributed by atoms with Crippen LogP contribution in [-0.4, -0.2) is 74.8 Å². The molecule has 1 aromatic carbocycles. The SMILES string of the molecule is C[C@H]1CN(c2ccnc3c2CCN3C(=O)Nc2cc3nn(C)nc3cc2F)CCN1C(=O)OC(C)(C)C. The first-order chi connectivity index (χ1) is 17.5. The second kappa shape index (κ2) is 9.16. The molecule has 1 saturated heterocycles. The Morgan fingerprint density at radius 3 is 2.57 bits per heavy atom. The lowest BCUT2D eigenvalue weighted by atomic mass is 10.1. The van der Waals surface area contributed by atoms with Crippen molar-refractivity contribution < 1.29 is 18.7 Å². The van der Waals surface area contributed by atoms with Crippen LogP contribution in [0.1, 0.15) is 33.3 Å². The molecule has 1 atom stereocenters. The number of hydrogen-bond donors (Lipinski definition) is 1. The molecule has 0 bridgehead atoms. The van der Waals surface area contributed by atoms with Crippen molar-refractivity contribution in [2.24, 2.45) is 7.05 Å². The Morgan fingerprint density at radius 1 is 1.14 bits per heavy atom. The highest BCUT2D eigenvalue weighted by atomic mass is 19.1. The normalized spacial score (nSPS) is 17.8. The van der Waals surface area contributed by atoms with E-state index in [1.165, 1.54) is 21.8 Å². The van der Waals surface area contributed by atoms with E-state index in [1.54, 1.807) is 18.1 Å². The van der Waals surface area contributed by atoms with Gasteiger partial charge in [0.05, 0.1) is 5.69 Å². The molecule has 2 aromatic heterocycles. The summed E-state index contributed by atoms with van der Waals surface area (Å²) in [5, 5.41) is 10.9.